The lowest BCUT2D eigenvalue weighted by Gasteiger charge is -2.06. The summed E-state index contributed by atoms with van der Waals surface area (Å²) >= 11 is 5.50. The Morgan fingerprint density at radius 3 is 2.41 bits per heavy atom. The Morgan fingerprint density at radius 2 is 1.76 bits per heavy atom. The average molecular weight is 247 g/mol. The summed E-state index contributed by atoms with van der Waals surface area (Å²) in [5.41, 5.74) is 2.15. The number of hydrogen-bond acceptors (Lipinski definition) is 2. The summed E-state index contributed by atoms with van der Waals surface area (Å²) in [6.45, 7) is 0. The van der Waals surface area contributed by atoms with Crippen molar-refractivity contribution in [1.29, 1.82) is 0 Å². The first-order valence-electron chi connectivity index (χ1n) is 5.20. The molecular formula is C14H11ClO2. The Hall–Kier alpha value is -1.80. The van der Waals surface area contributed by atoms with E-state index in [2.05, 4.69) is 0 Å². The van der Waals surface area contributed by atoms with Crippen LogP contribution in [-0.4, -0.2) is 16.8 Å². The zero-order chi connectivity index (χ0) is 12.3. The zero-order valence-corrected chi connectivity index (χ0v) is 9.82. The molecule has 0 aliphatic rings. The number of benzene rings is 2. The third-order valence-corrected chi connectivity index (χ3v) is 2.77. The molecule has 17 heavy (non-hydrogen) atoms. The van der Waals surface area contributed by atoms with Crippen molar-refractivity contribution in [3.8, 4) is 16.9 Å². The molecule has 0 saturated heterocycles. The Kier molecular flexibility index (Phi) is 3.45. The molecule has 86 valence electrons. The molecule has 0 spiro atoms. The standard InChI is InChI=1S/C14H11ClO2/c15-9-14(17)12-8-11(6-7-13(12)16)10-4-2-1-3-5-10/h1-8,16H,9H2. The fraction of sp³-hybridized carbons (Fsp3) is 0.0714. The second kappa shape index (κ2) is 5.02. The number of ketones is 1. The van der Waals surface area contributed by atoms with Gasteiger partial charge in [0.25, 0.3) is 0 Å². The molecule has 0 radical (unpaired) electrons. The molecule has 3 heteroatoms. The second-order valence-electron chi connectivity index (χ2n) is 3.65. The molecule has 0 amide bonds. The van der Waals surface area contributed by atoms with E-state index < -0.39 is 0 Å². The van der Waals surface area contributed by atoms with Gasteiger partial charge in [0.1, 0.15) is 5.75 Å². The summed E-state index contributed by atoms with van der Waals surface area (Å²) in [5, 5.41) is 9.60. The number of carbonyl (C=O) groups excluding carboxylic acids is 1. The van der Waals surface area contributed by atoms with Crippen molar-refractivity contribution in [2.24, 2.45) is 0 Å². The van der Waals surface area contributed by atoms with Crippen molar-refractivity contribution in [2.45, 2.75) is 0 Å². The molecule has 0 heterocycles. The van der Waals surface area contributed by atoms with Gasteiger partial charge in [-0.15, -0.1) is 11.6 Å². The van der Waals surface area contributed by atoms with Crippen LogP contribution in [0.4, 0.5) is 0 Å². The Labute approximate surface area is 104 Å². The van der Waals surface area contributed by atoms with Crippen LogP contribution in [0.1, 0.15) is 10.4 Å². The first-order chi connectivity index (χ1) is 8.22. The van der Waals surface area contributed by atoms with E-state index in [-0.39, 0.29) is 23.0 Å². The maximum Gasteiger partial charge on any atom is 0.181 e. The Bertz CT molecular complexity index is 535. The summed E-state index contributed by atoms with van der Waals surface area (Å²) in [6, 6.07) is 14.6. The van der Waals surface area contributed by atoms with Crippen molar-refractivity contribution in [3.05, 3.63) is 54.1 Å². The molecule has 0 aromatic heterocycles. The molecule has 0 aliphatic heterocycles. The maximum absolute atomic E-state index is 11.5. The van der Waals surface area contributed by atoms with Crippen LogP contribution in [0.2, 0.25) is 0 Å². The first kappa shape index (κ1) is 11.7. The maximum atomic E-state index is 11.5. The van der Waals surface area contributed by atoms with Gasteiger partial charge in [-0.25, -0.2) is 0 Å². The minimum Gasteiger partial charge on any atom is -0.507 e. The second-order valence-corrected chi connectivity index (χ2v) is 3.92. The van der Waals surface area contributed by atoms with E-state index in [1.165, 1.54) is 6.07 Å². The van der Waals surface area contributed by atoms with Crippen LogP contribution in [0, 0.1) is 0 Å². The minimum absolute atomic E-state index is 0.0321. The number of Topliss-reactive ketones (excluding diaryl/α,β-unsaturated/α-hetero) is 1. The first-order valence-corrected chi connectivity index (χ1v) is 5.73. The van der Waals surface area contributed by atoms with Crippen LogP contribution in [0.5, 0.6) is 5.75 Å². The number of rotatable bonds is 3. The molecule has 0 unspecified atom stereocenters. The zero-order valence-electron chi connectivity index (χ0n) is 9.06. The topological polar surface area (TPSA) is 37.3 Å². The van der Waals surface area contributed by atoms with E-state index >= 15 is 0 Å². The van der Waals surface area contributed by atoms with Gasteiger partial charge in [-0.2, -0.15) is 0 Å². The molecule has 0 aliphatic carbocycles. The smallest absolute Gasteiger partial charge is 0.181 e. The van der Waals surface area contributed by atoms with Crippen molar-refractivity contribution in [1.82, 2.24) is 0 Å². The summed E-state index contributed by atoms with van der Waals surface area (Å²) in [7, 11) is 0. The SMILES string of the molecule is O=C(CCl)c1cc(-c2ccccc2)ccc1O. The average Bonchev–Trinajstić information content (AvgIpc) is 2.39. The number of hydrogen-bond donors (Lipinski definition) is 1. The molecule has 0 bridgehead atoms. The van der Waals surface area contributed by atoms with Gasteiger partial charge in [-0.3, -0.25) is 4.79 Å². The van der Waals surface area contributed by atoms with E-state index in [0.717, 1.165) is 11.1 Å². The fourth-order valence-corrected chi connectivity index (χ4v) is 1.79. The van der Waals surface area contributed by atoms with Gasteiger partial charge in [-0.1, -0.05) is 36.4 Å². The molecule has 2 rings (SSSR count). The largest absolute Gasteiger partial charge is 0.507 e. The summed E-state index contributed by atoms with van der Waals surface area (Å²) in [6.07, 6.45) is 0. The van der Waals surface area contributed by atoms with Crippen LogP contribution in [0.3, 0.4) is 0 Å². The van der Waals surface area contributed by atoms with Crippen LogP contribution in [-0.2, 0) is 0 Å². The lowest BCUT2D eigenvalue weighted by atomic mass is 10.0. The highest BCUT2D eigenvalue weighted by molar-refractivity contribution is 6.30. The van der Waals surface area contributed by atoms with Gasteiger partial charge in [0.05, 0.1) is 11.4 Å². The van der Waals surface area contributed by atoms with Crippen LogP contribution >= 0.6 is 11.6 Å². The quantitative estimate of drug-likeness (QED) is 0.665. The van der Waals surface area contributed by atoms with Crippen LogP contribution in [0.15, 0.2) is 48.5 Å². The van der Waals surface area contributed by atoms with E-state index in [4.69, 9.17) is 11.6 Å². The normalized spacial score (nSPS) is 10.2. The molecule has 2 nitrogen and oxygen atoms in total. The number of aromatic hydroxyl groups is 1. The van der Waals surface area contributed by atoms with Gasteiger partial charge >= 0.3 is 0 Å². The van der Waals surface area contributed by atoms with E-state index in [9.17, 15) is 9.90 Å². The molecule has 0 atom stereocenters. The Balaban J connectivity index is 2.48. The minimum atomic E-state index is -0.276. The summed E-state index contributed by atoms with van der Waals surface area (Å²) < 4.78 is 0. The van der Waals surface area contributed by atoms with E-state index in [0.29, 0.717) is 0 Å². The number of carbonyl (C=O) groups is 1. The Morgan fingerprint density at radius 1 is 1.06 bits per heavy atom. The van der Waals surface area contributed by atoms with Crippen molar-refractivity contribution < 1.29 is 9.90 Å². The lowest BCUT2D eigenvalue weighted by Crippen LogP contribution is -2.00. The van der Waals surface area contributed by atoms with E-state index in [1.54, 1.807) is 12.1 Å². The molecule has 2 aromatic rings. The molecule has 1 N–H and O–H groups in total. The predicted molar refractivity (Wildman–Crippen MR) is 68.6 cm³/mol. The van der Waals surface area contributed by atoms with Crippen LogP contribution in [0.25, 0.3) is 11.1 Å². The van der Waals surface area contributed by atoms with Crippen molar-refractivity contribution >= 4 is 17.4 Å². The van der Waals surface area contributed by atoms with Gasteiger partial charge in [-0.05, 0) is 23.3 Å². The highest BCUT2D eigenvalue weighted by Crippen LogP contribution is 2.26. The number of alkyl halides is 1. The predicted octanol–water partition coefficient (Wildman–Crippen LogP) is 3.48. The molecule has 2 aromatic carbocycles. The molecular weight excluding hydrogens is 236 g/mol. The summed E-state index contributed by atoms with van der Waals surface area (Å²) in [5.74, 6) is -0.441. The summed E-state index contributed by atoms with van der Waals surface area (Å²) in [4.78, 5) is 11.5. The van der Waals surface area contributed by atoms with Crippen LogP contribution < -0.4 is 0 Å². The fourth-order valence-electron chi connectivity index (χ4n) is 1.64. The third-order valence-electron chi connectivity index (χ3n) is 2.53. The lowest BCUT2D eigenvalue weighted by molar-refractivity contribution is 0.101. The third kappa shape index (κ3) is 2.48. The number of phenolic OH excluding ortho intramolecular Hbond substituents is 1. The molecule has 0 saturated carbocycles. The van der Waals surface area contributed by atoms with Crippen molar-refractivity contribution in [2.75, 3.05) is 5.88 Å². The van der Waals surface area contributed by atoms with Gasteiger partial charge in [0.15, 0.2) is 5.78 Å². The van der Waals surface area contributed by atoms with E-state index in [1.807, 2.05) is 30.3 Å². The van der Waals surface area contributed by atoms with Gasteiger partial charge < -0.3 is 5.11 Å². The van der Waals surface area contributed by atoms with Crippen molar-refractivity contribution in [3.63, 3.8) is 0 Å². The monoisotopic (exact) mass is 246 g/mol. The van der Waals surface area contributed by atoms with Gasteiger partial charge in [0, 0.05) is 0 Å². The molecule has 0 fully saturated rings. The van der Waals surface area contributed by atoms with Gasteiger partial charge in [0.2, 0.25) is 0 Å². The highest BCUT2D eigenvalue weighted by Gasteiger charge is 2.11. The highest BCUT2D eigenvalue weighted by atomic mass is 35.5. The number of halogens is 1. The number of phenols is 1.